The highest BCUT2D eigenvalue weighted by molar-refractivity contribution is 7.92. The smallest absolute Gasteiger partial charge is 0.310 e. The number of hydrogen-bond acceptors (Lipinski definition) is 5. The van der Waals surface area contributed by atoms with Crippen molar-refractivity contribution in [1.29, 1.82) is 0 Å². The van der Waals surface area contributed by atoms with E-state index in [2.05, 4.69) is 4.72 Å². The SMILES string of the molecule is CCOC(=O)Cc1ccc(NS(=O)(=O)c2c(C)cc(OC)c(C)c2C)cc1. The van der Waals surface area contributed by atoms with Gasteiger partial charge in [0.2, 0.25) is 0 Å². The van der Waals surface area contributed by atoms with Crippen LogP contribution >= 0.6 is 0 Å². The molecule has 2 aromatic carbocycles. The molecule has 0 bridgehead atoms. The Kier molecular flexibility index (Phi) is 6.49. The van der Waals surface area contributed by atoms with E-state index in [1.165, 1.54) is 0 Å². The summed E-state index contributed by atoms with van der Waals surface area (Å²) in [5.74, 6) is 0.345. The largest absolute Gasteiger partial charge is 0.496 e. The second kappa shape index (κ2) is 8.43. The van der Waals surface area contributed by atoms with Crippen LogP contribution in [0.25, 0.3) is 0 Å². The van der Waals surface area contributed by atoms with Crippen LogP contribution in [0.5, 0.6) is 5.75 Å². The molecule has 0 aromatic heterocycles. The Bertz CT molecular complexity index is 934. The molecule has 0 unspecified atom stereocenters. The number of esters is 1. The molecular weight excluding hydrogens is 366 g/mol. The van der Waals surface area contributed by atoms with Crippen LogP contribution in [0.3, 0.4) is 0 Å². The third kappa shape index (κ3) is 4.80. The van der Waals surface area contributed by atoms with E-state index in [1.54, 1.807) is 58.2 Å². The Labute approximate surface area is 160 Å². The minimum absolute atomic E-state index is 0.150. The van der Waals surface area contributed by atoms with Gasteiger partial charge in [-0.3, -0.25) is 9.52 Å². The highest BCUT2D eigenvalue weighted by Crippen LogP contribution is 2.31. The van der Waals surface area contributed by atoms with Gasteiger partial charge in [0, 0.05) is 5.69 Å². The number of benzene rings is 2. The fourth-order valence-electron chi connectivity index (χ4n) is 2.92. The molecule has 0 aliphatic rings. The van der Waals surface area contributed by atoms with Gasteiger partial charge in [-0.05, 0) is 68.1 Å². The highest BCUT2D eigenvalue weighted by Gasteiger charge is 2.23. The Morgan fingerprint density at radius 1 is 1.07 bits per heavy atom. The fraction of sp³-hybridized carbons (Fsp3) is 0.350. The van der Waals surface area contributed by atoms with Crippen LogP contribution in [0.1, 0.15) is 29.2 Å². The van der Waals surface area contributed by atoms with Crippen LogP contribution in [-0.2, 0) is 26.0 Å². The standard InChI is InChI=1S/C20H25NO5S/c1-6-26-19(22)12-16-7-9-17(10-8-16)21-27(23,24)20-13(2)11-18(25-5)14(3)15(20)4/h7-11,21H,6,12H2,1-5H3. The number of carbonyl (C=O) groups excluding carboxylic acids is 1. The average Bonchev–Trinajstić information content (AvgIpc) is 2.59. The zero-order valence-corrected chi connectivity index (χ0v) is 17.1. The summed E-state index contributed by atoms with van der Waals surface area (Å²) in [4.78, 5) is 11.8. The van der Waals surface area contributed by atoms with Crippen LogP contribution in [0, 0.1) is 20.8 Å². The molecule has 2 rings (SSSR count). The lowest BCUT2D eigenvalue weighted by molar-refractivity contribution is -0.142. The molecule has 2 aromatic rings. The van der Waals surface area contributed by atoms with Gasteiger partial charge in [-0.25, -0.2) is 8.42 Å². The van der Waals surface area contributed by atoms with Gasteiger partial charge in [0.15, 0.2) is 0 Å². The summed E-state index contributed by atoms with van der Waals surface area (Å²) in [5.41, 5.74) is 3.23. The maximum Gasteiger partial charge on any atom is 0.310 e. The molecule has 0 spiro atoms. The first kappa shape index (κ1) is 20.8. The van der Waals surface area contributed by atoms with Crippen molar-refractivity contribution in [3.05, 3.63) is 52.6 Å². The first-order chi connectivity index (χ1) is 12.7. The zero-order valence-electron chi connectivity index (χ0n) is 16.3. The lowest BCUT2D eigenvalue weighted by Crippen LogP contribution is -2.16. The molecule has 6 nitrogen and oxygen atoms in total. The van der Waals surface area contributed by atoms with Gasteiger partial charge in [-0.2, -0.15) is 0 Å². The number of anilines is 1. The fourth-order valence-corrected chi connectivity index (χ4v) is 4.51. The number of carbonyl (C=O) groups is 1. The number of hydrogen-bond donors (Lipinski definition) is 1. The number of sulfonamides is 1. The molecule has 0 radical (unpaired) electrons. The molecule has 0 atom stereocenters. The van der Waals surface area contributed by atoms with Crippen molar-refractivity contribution in [3.8, 4) is 5.75 Å². The molecule has 0 saturated carbocycles. The number of aryl methyl sites for hydroxylation is 1. The Balaban J connectivity index is 2.27. The number of rotatable bonds is 7. The van der Waals surface area contributed by atoms with Gasteiger partial charge < -0.3 is 9.47 Å². The summed E-state index contributed by atoms with van der Waals surface area (Å²) in [6.45, 7) is 7.42. The van der Waals surface area contributed by atoms with Gasteiger partial charge in [-0.15, -0.1) is 0 Å². The molecule has 7 heteroatoms. The minimum atomic E-state index is -3.76. The predicted molar refractivity (Wildman–Crippen MR) is 105 cm³/mol. The van der Waals surface area contributed by atoms with Crippen molar-refractivity contribution in [2.45, 2.75) is 39.0 Å². The van der Waals surface area contributed by atoms with E-state index < -0.39 is 10.0 Å². The second-order valence-corrected chi connectivity index (χ2v) is 7.88. The molecule has 0 heterocycles. The van der Waals surface area contributed by atoms with Gasteiger partial charge in [0.1, 0.15) is 5.75 Å². The first-order valence-electron chi connectivity index (χ1n) is 8.61. The van der Waals surface area contributed by atoms with Crippen molar-refractivity contribution in [1.82, 2.24) is 0 Å². The van der Waals surface area contributed by atoms with Crippen molar-refractivity contribution >= 4 is 21.7 Å². The molecule has 0 amide bonds. The minimum Gasteiger partial charge on any atom is -0.496 e. The average molecular weight is 391 g/mol. The van der Waals surface area contributed by atoms with E-state index in [9.17, 15) is 13.2 Å². The van der Waals surface area contributed by atoms with Crippen LogP contribution in [0.2, 0.25) is 0 Å². The lowest BCUT2D eigenvalue weighted by Gasteiger charge is -2.17. The summed E-state index contributed by atoms with van der Waals surface area (Å²) < 4.78 is 38.6. The molecule has 27 heavy (non-hydrogen) atoms. The third-order valence-corrected chi connectivity index (χ3v) is 6.00. The molecule has 1 N–H and O–H groups in total. The van der Waals surface area contributed by atoms with E-state index >= 15 is 0 Å². The molecule has 146 valence electrons. The Hall–Kier alpha value is -2.54. The topological polar surface area (TPSA) is 81.7 Å². The van der Waals surface area contributed by atoms with E-state index in [0.717, 1.165) is 11.1 Å². The summed E-state index contributed by atoms with van der Waals surface area (Å²) in [5, 5.41) is 0. The zero-order chi connectivity index (χ0) is 20.2. The molecular formula is C20H25NO5S. The number of nitrogens with one attached hydrogen (secondary N) is 1. The van der Waals surface area contributed by atoms with Gasteiger partial charge in [0.25, 0.3) is 10.0 Å². The van der Waals surface area contributed by atoms with Crippen molar-refractivity contribution in [3.63, 3.8) is 0 Å². The van der Waals surface area contributed by atoms with E-state index in [0.29, 0.717) is 29.2 Å². The van der Waals surface area contributed by atoms with Crippen LogP contribution in [-0.4, -0.2) is 28.1 Å². The molecule has 0 fully saturated rings. The first-order valence-corrected chi connectivity index (χ1v) is 10.1. The predicted octanol–water partition coefficient (Wildman–Crippen LogP) is 3.53. The lowest BCUT2D eigenvalue weighted by atomic mass is 10.1. The monoisotopic (exact) mass is 391 g/mol. The quantitative estimate of drug-likeness (QED) is 0.730. The normalized spacial score (nSPS) is 11.1. The van der Waals surface area contributed by atoms with Gasteiger partial charge in [0.05, 0.1) is 25.0 Å². The Morgan fingerprint density at radius 2 is 1.70 bits per heavy atom. The summed E-state index contributed by atoms with van der Waals surface area (Å²) in [7, 11) is -2.20. The third-order valence-electron chi connectivity index (χ3n) is 4.33. The van der Waals surface area contributed by atoms with Crippen molar-refractivity contribution in [2.75, 3.05) is 18.4 Å². The van der Waals surface area contributed by atoms with Crippen LogP contribution in [0.4, 0.5) is 5.69 Å². The van der Waals surface area contributed by atoms with Gasteiger partial charge in [-0.1, -0.05) is 12.1 Å². The maximum atomic E-state index is 12.9. The molecule has 0 saturated heterocycles. The number of methoxy groups -OCH3 is 1. The summed E-state index contributed by atoms with van der Waals surface area (Å²) in [6, 6.07) is 8.39. The van der Waals surface area contributed by atoms with Crippen LogP contribution in [0.15, 0.2) is 35.2 Å². The van der Waals surface area contributed by atoms with Gasteiger partial charge >= 0.3 is 5.97 Å². The maximum absolute atomic E-state index is 12.9. The van der Waals surface area contributed by atoms with Crippen molar-refractivity contribution < 1.29 is 22.7 Å². The number of ether oxygens (including phenoxy) is 2. The Morgan fingerprint density at radius 3 is 2.26 bits per heavy atom. The molecule has 0 aliphatic carbocycles. The molecule has 0 aliphatic heterocycles. The summed E-state index contributed by atoms with van der Waals surface area (Å²) >= 11 is 0. The van der Waals surface area contributed by atoms with E-state index in [1.807, 2.05) is 6.92 Å². The van der Waals surface area contributed by atoms with Crippen LogP contribution < -0.4 is 9.46 Å². The second-order valence-electron chi connectivity index (χ2n) is 6.26. The summed E-state index contributed by atoms with van der Waals surface area (Å²) in [6.07, 6.45) is 0.150. The van der Waals surface area contributed by atoms with E-state index in [4.69, 9.17) is 9.47 Å². The van der Waals surface area contributed by atoms with Crippen molar-refractivity contribution in [2.24, 2.45) is 0 Å². The highest BCUT2D eigenvalue weighted by atomic mass is 32.2. The van der Waals surface area contributed by atoms with E-state index in [-0.39, 0.29) is 17.3 Å².